The minimum absolute atomic E-state index is 0.00915. The summed E-state index contributed by atoms with van der Waals surface area (Å²) in [6, 6.07) is 14.6. The average Bonchev–Trinajstić information content (AvgIpc) is 4.09. The van der Waals surface area contributed by atoms with Gasteiger partial charge in [-0.2, -0.15) is 0 Å². The van der Waals surface area contributed by atoms with E-state index in [1.54, 1.807) is 33.9 Å². The summed E-state index contributed by atoms with van der Waals surface area (Å²) < 4.78 is 51.6. The van der Waals surface area contributed by atoms with Gasteiger partial charge in [0.1, 0.15) is 35.1 Å². The average molecular weight is 806 g/mol. The number of pyridine rings is 1. The molecule has 4 aliphatic rings. The van der Waals surface area contributed by atoms with Gasteiger partial charge in [-0.25, -0.2) is 18.2 Å². The van der Waals surface area contributed by atoms with E-state index in [0.717, 1.165) is 17.4 Å². The molecule has 57 heavy (non-hydrogen) atoms. The van der Waals surface area contributed by atoms with Crippen LogP contribution in [-0.2, 0) is 33.9 Å². The summed E-state index contributed by atoms with van der Waals surface area (Å²) >= 11 is 0. The lowest BCUT2D eigenvalue weighted by Gasteiger charge is -2.30. The number of hydrogen-bond donors (Lipinski definition) is 3. The second kappa shape index (κ2) is 16.1. The molecule has 3 aromatic rings. The topological polar surface area (TPSA) is 192 Å². The van der Waals surface area contributed by atoms with Crippen LogP contribution in [0.5, 0.6) is 11.6 Å². The van der Waals surface area contributed by atoms with E-state index in [2.05, 4.69) is 15.4 Å². The fourth-order valence-electron chi connectivity index (χ4n) is 7.66. The lowest BCUT2D eigenvalue weighted by atomic mass is 10.1. The summed E-state index contributed by atoms with van der Waals surface area (Å²) in [6.45, 7) is 5.18. The largest absolute Gasteiger partial charge is 0.497 e. The van der Waals surface area contributed by atoms with Crippen molar-refractivity contribution in [3.63, 3.8) is 0 Å². The summed E-state index contributed by atoms with van der Waals surface area (Å²) in [6.07, 6.45) is 2.32. The van der Waals surface area contributed by atoms with Gasteiger partial charge in [0.05, 0.1) is 31.2 Å². The Balaban J connectivity index is 1.22. The number of rotatable bonds is 8. The number of ether oxygens (including phenoxy) is 4. The first-order valence-electron chi connectivity index (χ1n) is 19.6. The second-order valence-corrected chi connectivity index (χ2v) is 18.4. The highest BCUT2D eigenvalue weighted by molar-refractivity contribution is 7.91. The molecule has 2 saturated carbocycles. The quantitative estimate of drug-likeness (QED) is 0.295. The number of carbonyl (C=O) groups is 4. The Hall–Kier alpha value is -4.96. The highest BCUT2D eigenvalue weighted by Gasteiger charge is 2.62. The zero-order valence-electron chi connectivity index (χ0n) is 32.7. The van der Waals surface area contributed by atoms with Gasteiger partial charge in [0, 0.05) is 24.0 Å². The molecule has 0 unspecified atom stereocenters. The van der Waals surface area contributed by atoms with Crippen molar-refractivity contribution in [2.75, 3.05) is 26.9 Å². The van der Waals surface area contributed by atoms with E-state index in [0.29, 0.717) is 55.5 Å². The summed E-state index contributed by atoms with van der Waals surface area (Å²) in [5.41, 5.74) is -0.818. The fourth-order valence-corrected chi connectivity index (χ4v) is 9.02. The lowest BCUT2D eigenvalue weighted by molar-refractivity contribution is -0.142. The highest BCUT2D eigenvalue weighted by atomic mass is 32.2. The Kier molecular flexibility index (Phi) is 11.4. The maximum atomic E-state index is 14.6. The van der Waals surface area contributed by atoms with Crippen LogP contribution in [0.4, 0.5) is 4.79 Å². The predicted octanol–water partition coefficient (Wildman–Crippen LogP) is 4.23. The van der Waals surface area contributed by atoms with E-state index in [4.69, 9.17) is 23.9 Å². The molecule has 5 atom stereocenters. The Morgan fingerprint density at radius 3 is 2.51 bits per heavy atom. The number of hydrogen-bond acceptors (Lipinski definition) is 11. The molecule has 2 aliphatic carbocycles. The molecule has 2 aliphatic heterocycles. The normalized spacial score (nSPS) is 25.9. The van der Waals surface area contributed by atoms with Gasteiger partial charge in [-0.1, -0.05) is 43.2 Å². The van der Waals surface area contributed by atoms with Crippen molar-refractivity contribution >= 4 is 44.6 Å². The Morgan fingerprint density at radius 1 is 1.02 bits per heavy atom. The lowest BCUT2D eigenvalue weighted by Crippen LogP contribution is -2.59. The number of fused-ring (bicyclic) bond motifs is 3. The number of alkyl carbamates (subject to hydrolysis) is 1. The Morgan fingerprint density at radius 2 is 1.79 bits per heavy atom. The summed E-state index contributed by atoms with van der Waals surface area (Å²) in [5, 5.41) is 6.42. The standard InChI is InChI=1S/C41H51N5O10S/c1-40(2,3)56-39(50)43-33-24-54-18-10-6-9-13-27-22-41(27,38(49)45-57(51,52)30-15-16-30)44-35(47)34-21-29(23-46(34)37(33)48)55-36-31-17-14-28(53-4)19-26(31)20-32(42-36)25-11-7-5-8-12-25/h5,7-8,11-12,14,17,19-20,27,29-30,33-34H,6,9-10,13,15-16,18,21-24H2,1-4H3,(H,43,50)(H,44,47)(H,45,49)/t27-,29-,33+,34+,41-/m1/s1. The van der Waals surface area contributed by atoms with Gasteiger partial charge < -0.3 is 34.5 Å². The van der Waals surface area contributed by atoms with Crippen LogP contribution in [0.15, 0.2) is 54.6 Å². The van der Waals surface area contributed by atoms with Crippen molar-refractivity contribution in [1.82, 2.24) is 25.2 Å². The Bertz CT molecular complexity index is 2120. The van der Waals surface area contributed by atoms with Crippen molar-refractivity contribution in [3.8, 4) is 22.9 Å². The van der Waals surface area contributed by atoms with Crippen molar-refractivity contribution in [2.45, 2.75) is 107 Å². The molecule has 16 heteroatoms. The molecule has 3 heterocycles. The SMILES string of the molecule is COc1ccc2c(O[C@@H]3C[C@H]4C(=O)N[C@]5(C(=O)NS(=O)(=O)C6CC6)C[C@H]5CCCCCOC[C@H](NC(=O)OC(C)(C)C)C(=O)N4C3)nc(-c3ccccc3)cc2c1. The van der Waals surface area contributed by atoms with E-state index >= 15 is 0 Å². The van der Waals surface area contributed by atoms with E-state index < -0.39 is 68.4 Å². The van der Waals surface area contributed by atoms with E-state index in [1.165, 1.54) is 4.90 Å². The van der Waals surface area contributed by atoms with Crippen molar-refractivity contribution in [1.29, 1.82) is 0 Å². The molecule has 0 radical (unpaired) electrons. The van der Waals surface area contributed by atoms with Gasteiger partial charge in [0.15, 0.2) is 0 Å². The number of amides is 4. The predicted molar refractivity (Wildman–Crippen MR) is 210 cm³/mol. The first-order chi connectivity index (χ1) is 27.2. The highest BCUT2D eigenvalue weighted by Crippen LogP contribution is 2.48. The molecule has 3 N–H and O–H groups in total. The smallest absolute Gasteiger partial charge is 0.408 e. The third-order valence-corrected chi connectivity index (χ3v) is 12.7. The number of nitrogens with zero attached hydrogens (tertiary/aromatic N) is 2. The number of sulfonamides is 1. The van der Waals surface area contributed by atoms with Gasteiger partial charge in [-0.3, -0.25) is 19.1 Å². The fraction of sp³-hybridized carbons (Fsp3) is 0.537. The van der Waals surface area contributed by atoms with Gasteiger partial charge in [-0.05, 0) is 88.4 Å². The third-order valence-electron chi connectivity index (χ3n) is 10.9. The van der Waals surface area contributed by atoms with Crippen LogP contribution in [0.2, 0.25) is 0 Å². The summed E-state index contributed by atoms with van der Waals surface area (Å²) in [5.74, 6) is -1.38. The molecule has 0 bridgehead atoms. The summed E-state index contributed by atoms with van der Waals surface area (Å²) in [7, 11) is -2.31. The van der Waals surface area contributed by atoms with Gasteiger partial charge in [0.25, 0.3) is 5.91 Å². The summed E-state index contributed by atoms with van der Waals surface area (Å²) in [4.78, 5) is 62.1. The number of carbonyl (C=O) groups excluding carboxylic acids is 4. The molecular weight excluding hydrogens is 755 g/mol. The van der Waals surface area contributed by atoms with Crippen molar-refractivity contribution in [3.05, 3.63) is 54.6 Å². The minimum Gasteiger partial charge on any atom is -0.497 e. The van der Waals surface area contributed by atoms with Crippen LogP contribution in [0.3, 0.4) is 0 Å². The van der Waals surface area contributed by atoms with Crippen LogP contribution >= 0.6 is 0 Å². The maximum absolute atomic E-state index is 14.6. The molecule has 306 valence electrons. The molecule has 7 rings (SSSR count). The first-order valence-corrected chi connectivity index (χ1v) is 21.2. The number of methoxy groups -OCH3 is 1. The van der Waals surface area contributed by atoms with Crippen molar-refractivity contribution < 1.29 is 46.5 Å². The van der Waals surface area contributed by atoms with Gasteiger partial charge in [0.2, 0.25) is 27.7 Å². The maximum Gasteiger partial charge on any atom is 0.408 e. The number of nitrogens with one attached hydrogen (secondary N) is 3. The van der Waals surface area contributed by atoms with Gasteiger partial charge >= 0.3 is 6.09 Å². The first kappa shape index (κ1) is 40.2. The van der Waals surface area contributed by atoms with E-state index in [1.807, 2.05) is 48.5 Å². The second-order valence-electron chi connectivity index (χ2n) is 16.4. The van der Waals surface area contributed by atoms with Crippen LogP contribution in [0.25, 0.3) is 22.0 Å². The third kappa shape index (κ3) is 9.27. The molecule has 2 aromatic carbocycles. The molecule has 1 aromatic heterocycles. The number of aromatic nitrogens is 1. The molecule has 4 fully saturated rings. The number of benzene rings is 2. The zero-order chi connectivity index (χ0) is 40.5. The van der Waals surface area contributed by atoms with Crippen LogP contribution in [0.1, 0.15) is 72.1 Å². The monoisotopic (exact) mass is 805 g/mol. The Labute approximate surface area is 332 Å². The molecular formula is C41H51N5O10S. The van der Waals surface area contributed by atoms with Crippen LogP contribution in [-0.4, -0.2) is 104 Å². The van der Waals surface area contributed by atoms with Crippen molar-refractivity contribution in [2.24, 2.45) is 5.92 Å². The van der Waals surface area contributed by atoms with Crippen LogP contribution in [0, 0.1) is 5.92 Å². The van der Waals surface area contributed by atoms with Crippen LogP contribution < -0.4 is 24.8 Å². The zero-order valence-corrected chi connectivity index (χ0v) is 33.6. The molecule has 0 spiro atoms. The van der Waals surface area contributed by atoms with Gasteiger partial charge in [-0.15, -0.1) is 0 Å². The van der Waals surface area contributed by atoms with E-state index in [-0.39, 0.29) is 37.8 Å². The molecule has 4 amide bonds. The minimum atomic E-state index is -3.90. The molecule has 2 saturated heterocycles. The molecule has 15 nitrogen and oxygen atoms in total. The van der Waals surface area contributed by atoms with E-state index in [9.17, 15) is 27.6 Å².